The summed E-state index contributed by atoms with van der Waals surface area (Å²) in [5.74, 6) is -5.68. The molecule has 2 unspecified atom stereocenters. The number of anilines is 1. The lowest BCUT2D eigenvalue weighted by Crippen LogP contribution is -2.48. The van der Waals surface area contributed by atoms with Gasteiger partial charge < -0.3 is 15.4 Å². The zero-order valence-corrected chi connectivity index (χ0v) is 22.8. The number of aromatic nitrogens is 1. The number of pyridine rings is 1. The van der Waals surface area contributed by atoms with Crippen LogP contribution in [0.15, 0.2) is 48.5 Å². The normalized spacial score (nSPS) is 22.6. The van der Waals surface area contributed by atoms with E-state index in [0.29, 0.717) is 25.0 Å². The molecule has 42 heavy (non-hydrogen) atoms. The van der Waals surface area contributed by atoms with Crippen LogP contribution in [0.2, 0.25) is 0 Å². The van der Waals surface area contributed by atoms with Gasteiger partial charge in [0.15, 0.2) is 0 Å². The fraction of sp³-hybridized carbons (Fsp3) is 0.367. The van der Waals surface area contributed by atoms with Gasteiger partial charge in [0, 0.05) is 17.3 Å². The van der Waals surface area contributed by atoms with Gasteiger partial charge in [-0.3, -0.25) is 9.59 Å². The van der Waals surface area contributed by atoms with Gasteiger partial charge in [0.25, 0.3) is 5.91 Å². The Bertz CT molecular complexity index is 1560. The van der Waals surface area contributed by atoms with E-state index in [2.05, 4.69) is 15.6 Å². The Morgan fingerprint density at radius 2 is 1.69 bits per heavy atom. The molecule has 0 aliphatic heterocycles. The van der Waals surface area contributed by atoms with E-state index in [1.807, 2.05) is 13.8 Å². The number of amides is 2. The van der Waals surface area contributed by atoms with Crippen molar-refractivity contribution in [3.05, 3.63) is 77.4 Å². The average molecular weight is 592 g/mol. The van der Waals surface area contributed by atoms with Gasteiger partial charge in [0.1, 0.15) is 11.6 Å². The molecule has 2 saturated carbocycles. The molecule has 0 radical (unpaired) electrons. The lowest BCUT2D eigenvalue weighted by Gasteiger charge is -2.31. The van der Waals surface area contributed by atoms with E-state index in [4.69, 9.17) is 4.74 Å². The molecular formula is C30H27F6N3O3. The maximum Gasteiger partial charge on any atom is 0.419 e. The summed E-state index contributed by atoms with van der Waals surface area (Å²) >= 11 is 0. The van der Waals surface area contributed by atoms with Crippen molar-refractivity contribution in [3.8, 4) is 16.9 Å². The summed E-state index contributed by atoms with van der Waals surface area (Å²) in [5.41, 5.74) is -1.86. The van der Waals surface area contributed by atoms with E-state index in [9.17, 15) is 35.9 Å². The molecular weight excluding hydrogens is 564 g/mol. The highest BCUT2D eigenvalue weighted by atomic mass is 19.4. The van der Waals surface area contributed by atoms with Gasteiger partial charge in [-0.05, 0) is 78.1 Å². The van der Waals surface area contributed by atoms with Crippen LogP contribution in [-0.4, -0.2) is 29.9 Å². The van der Waals surface area contributed by atoms with Gasteiger partial charge in [-0.2, -0.15) is 26.9 Å². The van der Waals surface area contributed by atoms with E-state index in [1.54, 1.807) is 0 Å². The molecule has 0 saturated heterocycles. The molecule has 5 rings (SSSR count). The van der Waals surface area contributed by atoms with Gasteiger partial charge in [0.2, 0.25) is 17.8 Å². The van der Waals surface area contributed by atoms with Crippen molar-refractivity contribution < 1.29 is 40.7 Å². The number of fused-ring (bicyclic) bond motifs is 2. The van der Waals surface area contributed by atoms with Gasteiger partial charge in [-0.1, -0.05) is 19.9 Å². The molecule has 2 N–H and O–H groups in total. The number of methoxy groups -OCH3 is 1. The highest BCUT2D eigenvalue weighted by Crippen LogP contribution is 2.60. The third kappa shape index (κ3) is 5.18. The first-order chi connectivity index (χ1) is 19.7. The molecule has 3 aromatic rings. The minimum absolute atomic E-state index is 0.0341. The molecule has 0 spiro atoms. The van der Waals surface area contributed by atoms with E-state index < -0.39 is 53.2 Å². The number of nitrogens with zero attached hydrogens (tertiary/aromatic N) is 1. The Balaban J connectivity index is 1.44. The van der Waals surface area contributed by atoms with E-state index in [0.717, 1.165) is 12.1 Å². The lowest BCUT2D eigenvalue weighted by atomic mass is 9.80. The second-order valence-corrected chi connectivity index (χ2v) is 11.2. The van der Waals surface area contributed by atoms with Gasteiger partial charge in [0.05, 0.1) is 24.2 Å². The monoisotopic (exact) mass is 591 g/mol. The third-order valence-corrected chi connectivity index (χ3v) is 8.66. The zero-order chi connectivity index (χ0) is 30.6. The molecule has 222 valence electrons. The van der Waals surface area contributed by atoms with Crippen molar-refractivity contribution in [3.63, 3.8) is 0 Å². The minimum atomic E-state index is -4.95. The molecule has 2 aliphatic rings. The van der Waals surface area contributed by atoms with Crippen LogP contribution >= 0.6 is 0 Å². The van der Waals surface area contributed by atoms with Crippen molar-refractivity contribution in [1.82, 2.24) is 10.3 Å². The molecule has 12 heteroatoms. The quantitative estimate of drug-likeness (QED) is 0.250. The topological polar surface area (TPSA) is 80.3 Å². The molecule has 2 amide bonds. The first-order valence-corrected chi connectivity index (χ1v) is 13.2. The summed E-state index contributed by atoms with van der Waals surface area (Å²) in [7, 11) is 1.35. The van der Waals surface area contributed by atoms with E-state index >= 15 is 0 Å². The molecule has 1 aromatic heterocycles. The highest BCUT2D eigenvalue weighted by molar-refractivity contribution is 6.00. The smallest absolute Gasteiger partial charge is 0.419 e. The van der Waals surface area contributed by atoms with Crippen molar-refractivity contribution in [2.24, 2.45) is 23.2 Å². The SMILES string of the molecule is COc1ccc(-c2ccc(F)nc2F)cc1C(=O)N[C@@H]1C2CCC([C@@H]1C(=O)Nc1ccc(F)c(C(F)(F)F)c1)C2(C)C. The Morgan fingerprint density at radius 1 is 0.976 bits per heavy atom. The number of hydrogen-bond acceptors (Lipinski definition) is 4. The fourth-order valence-corrected chi connectivity index (χ4v) is 6.65. The van der Waals surface area contributed by atoms with Crippen LogP contribution in [0.4, 0.5) is 32.0 Å². The Labute approximate surface area is 237 Å². The summed E-state index contributed by atoms with van der Waals surface area (Å²) in [6, 6.07) is 8.04. The lowest BCUT2D eigenvalue weighted by molar-refractivity contribution is -0.140. The van der Waals surface area contributed by atoms with Gasteiger partial charge in [-0.25, -0.2) is 4.39 Å². The van der Waals surface area contributed by atoms with Gasteiger partial charge >= 0.3 is 6.18 Å². The van der Waals surface area contributed by atoms with Crippen LogP contribution < -0.4 is 15.4 Å². The number of benzene rings is 2. The van der Waals surface area contributed by atoms with Gasteiger partial charge in [-0.15, -0.1) is 0 Å². The van der Waals surface area contributed by atoms with Crippen LogP contribution in [0.5, 0.6) is 5.75 Å². The fourth-order valence-electron chi connectivity index (χ4n) is 6.65. The molecule has 2 bridgehead atoms. The van der Waals surface area contributed by atoms with Crippen molar-refractivity contribution in [2.45, 2.75) is 38.9 Å². The number of carbonyl (C=O) groups is 2. The number of hydrogen-bond donors (Lipinski definition) is 2. The third-order valence-electron chi connectivity index (χ3n) is 8.66. The van der Waals surface area contributed by atoms with Crippen molar-refractivity contribution in [1.29, 1.82) is 0 Å². The Morgan fingerprint density at radius 3 is 2.36 bits per heavy atom. The predicted molar refractivity (Wildman–Crippen MR) is 141 cm³/mol. The molecule has 6 nitrogen and oxygen atoms in total. The molecule has 2 fully saturated rings. The summed E-state index contributed by atoms with van der Waals surface area (Å²) in [6.45, 7) is 3.96. The number of ether oxygens (including phenoxy) is 1. The largest absolute Gasteiger partial charge is 0.496 e. The summed E-state index contributed by atoms with van der Waals surface area (Å²) < 4.78 is 86.6. The van der Waals surface area contributed by atoms with E-state index in [1.165, 1.54) is 31.4 Å². The Kier molecular flexibility index (Phi) is 7.44. The minimum Gasteiger partial charge on any atom is -0.496 e. The van der Waals surface area contributed by atoms with Crippen LogP contribution in [0.1, 0.15) is 42.6 Å². The summed E-state index contributed by atoms with van der Waals surface area (Å²) in [6.07, 6.45) is -3.56. The summed E-state index contributed by atoms with van der Waals surface area (Å²) in [4.78, 5) is 30.4. The standard InChI is InChI=1S/C30H27F6N3O3/c1-29(2)18-7-8-19(29)25(24(18)28(41)37-15-5-9-21(31)20(13-15)30(34,35)36)39-27(40)17-12-14(4-10-22(17)42-3)16-6-11-23(32)38-26(16)33/h4-6,9-13,18-19,24-25H,7-8H2,1-3H3,(H,37,41)(H,39,40)/t18?,19?,24-,25+/m0/s1. The number of nitrogens with one attached hydrogen (secondary N) is 2. The second kappa shape index (κ2) is 10.6. The van der Waals surface area contributed by atoms with Crippen LogP contribution in [-0.2, 0) is 11.0 Å². The Hall–Kier alpha value is -4.09. The second-order valence-electron chi connectivity index (χ2n) is 11.2. The first-order valence-electron chi connectivity index (χ1n) is 13.2. The zero-order valence-electron chi connectivity index (χ0n) is 22.8. The van der Waals surface area contributed by atoms with Crippen molar-refractivity contribution >= 4 is 17.5 Å². The maximum absolute atomic E-state index is 14.4. The van der Waals surface area contributed by atoms with Crippen LogP contribution in [0, 0.1) is 40.9 Å². The molecule has 2 aliphatic carbocycles. The number of halogens is 6. The van der Waals surface area contributed by atoms with Crippen LogP contribution in [0.25, 0.3) is 11.1 Å². The molecule has 1 heterocycles. The average Bonchev–Trinajstić information content (AvgIpc) is 3.33. The number of carbonyl (C=O) groups excluding carboxylic acids is 2. The highest BCUT2D eigenvalue weighted by Gasteiger charge is 2.61. The maximum atomic E-state index is 14.4. The summed E-state index contributed by atoms with van der Waals surface area (Å²) in [5, 5.41) is 5.42. The molecule has 2 aromatic carbocycles. The van der Waals surface area contributed by atoms with E-state index in [-0.39, 0.29) is 45.4 Å². The first kappa shape index (κ1) is 29.4. The molecule has 4 atom stereocenters. The number of rotatable bonds is 6. The number of alkyl halides is 3. The van der Waals surface area contributed by atoms with Crippen molar-refractivity contribution in [2.75, 3.05) is 12.4 Å². The van der Waals surface area contributed by atoms with Crippen LogP contribution in [0.3, 0.4) is 0 Å². The predicted octanol–water partition coefficient (Wildman–Crippen LogP) is 6.61.